The molecule has 0 radical (unpaired) electrons. The lowest BCUT2D eigenvalue weighted by Gasteiger charge is -2.41. The maximum absolute atomic E-state index is 15.1. The minimum Gasteiger partial charge on any atom is -0.508 e. The van der Waals surface area contributed by atoms with Crippen molar-refractivity contribution in [2.75, 3.05) is 26.2 Å². The molecule has 11 atom stereocenters. The number of nitrogens with zero attached hydrogens (tertiary/aromatic N) is 2. The molecule has 1 aromatic carbocycles. The monoisotopic (exact) mass is 879 g/mol. The summed E-state index contributed by atoms with van der Waals surface area (Å²) in [5.74, 6) is -7.08. The Morgan fingerprint density at radius 3 is 1.56 bits per heavy atom. The fourth-order valence-electron chi connectivity index (χ4n) is 8.77. The zero-order chi connectivity index (χ0) is 45.3. The number of amides is 3. The van der Waals surface area contributed by atoms with E-state index in [1.165, 1.54) is 17.0 Å². The van der Waals surface area contributed by atoms with Crippen LogP contribution in [0.2, 0.25) is 0 Å². The Labute approximate surface area is 360 Å². The maximum atomic E-state index is 15.1. The molecule has 20 nitrogen and oxygen atoms in total. The van der Waals surface area contributed by atoms with Gasteiger partial charge in [-0.3, -0.25) is 14.4 Å². The lowest BCUT2D eigenvalue weighted by atomic mass is 9.97. The van der Waals surface area contributed by atoms with Crippen LogP contribution in [-0.2, 0) is 72.9 Å². The second kappa shape index (κ2) is 16.7. The van der Waals surface area contributed by atoms with Crippen LogP contribution in [0.3, 0.4) is 0 Å². The molecule has 6 heterocycles. The molecule has 0 aromatic heterocycles. The van der Waals surface area contributed by atoms with E-state index in [-0.39, 0.29) is 25.3 Å². The predicted octanol–water partition coefficient (Wildman–Crippen LogP) is 2.36. The van der Waals surface area contributed by atoms with Gasteiger partial charge in [0, 0.05) is 6.42 Å². The normalized spacial score (nSPS) is 33.9. The number of benzene rings is 1. The van der Waals surface area contributed by atoms with Gasteiger partial charge in [-0.05, 0) is 93.9 Å². The van der Waals surface area contributed by atoms with Crippen molar-refractivity contribution in [2.45, 2.75) is 179 Å². The molecule has 1 aromatic rings. The summed E-state index contributed by atoms with van der Waals surface area (Å²) in [5.41, 5.74) is -0.366. The summed E-state index contributed by atoms with van der Waals surface area (Å²) in [6, 6.07) is 4.73. The Morgan fingerprint density at radius 2 is 1.10 bits per heavy atom. The molecule has 6 aliphatic rings. The number of nitrogens with one attached hydrogen (secondary N) is 1. The molecule has 6 fully saturated rings. The lowest BCUT2D eigenvalue weighted by molar-refractivity contribution is -0.237. The van der Waals surface area contributed by atoms with Gasteiger partial charge in [0.1, 0.15) is 72.8 Å². The summed E-state index contributed by atoms with van der Waals surface area (Å²) in [6.45, 7) is 16.8. The van der Waals surface area contributed by atoms with Gasteiger partial charge in [-0.25, -0.2) is 4.79 Å². The third-order valence-corrected chi connectivity index (χ3v) is 11.0. The van der Waals surface area contributed by atoms with E-state index in [0.29, 0.717) is 5.56 Å². The lowest BCUT2D eigenvalue weighted by Crippen LogP contribution is -2.61. The van der Waals surface area contributed by atoms with Crippen LogP contribution >= 0.6 is 0 Å². The smallest absolute Gasteiger partial charge is 0.408 e. The average Bonchev–Trinajstić information content (AvgIpc) is 3.83. The summed E-state index contributed by atoms with van der Waals surface area (Å²) < 4.78 is 67.9. The molecule has 7 rings (SSSR count). The molecule has 0 saturated carbocycles. The standard InChI is InChI=1S/C42H61N3O17/c1-38(2,3)62-37(51)43-23(16-21-12-14-22(46)15-13-21)34(50)45(18-25-29-31(57-40(6,7)55-29)33-36(53-25)61-42(10,11)59-33)19-26(47)44(20-27(48)49)17-24-28-30(56-39(4,5)54-28)32-35(52-24)60-41(8,9)58-32/h12-15,23-25,28-33,35-36,46H,16-20H2,1-11H3,(H,43,51)(H,48,49)/t23-,24+,25+,28-,29-,30-,31-,32+,33+,35+,36+/m0/s1. The van der Waals surface area contributed by atoms with Gasteiger partial charge < -0.3 is 77.4 Å². The fraction of sp³-hybridized carbons (Fsp3) is 0.762. The number of alkyl carbamates (subject to hydrolysis) is 1. The zero-order valence-corrected chi connectivity index (χ0v) is 37.1. The van der Waals surface area contributed by atoms with Gasteiger partial charge >= 0.3 is 12.1 Å². The number of phenols is 1. The van der Waals surface area contributed by atoms with E-state index >= 15 is 4.79 Å². The SMILES string of the molecule is CC(C)(C)OC(=O)N[C@@H](Cc1ccc(O)cc1)C(=O)N(CC(=O)N(CC(=O)O)C[C@H]1O[C@@H]2OC(C)(C)O[C@@H]2[C@H]2OC(C)(C)O[C@H]21)C[C@H]1O[C@@H]2OC(C)(C)O[C@@H]2[C@H]2OC(C)(C)O[C@H]21. The quantitative estimate of drug-likeness (QED) is 0.274. The number of fused-ring (bicyclic) bond motifs is 6. The highest BCUT2D eigenvalue weighted by molar-refractivity contribution is 5.90. The number of carbonyl (C=O) groups excluding carboxylic acids is 3. The summed E-state index contributed by atoms with van der Waals surface area (Å²) in [6.07, 6.45) is -9.13. The Morgan fingerprint density at radius 1 is 0.661 bits per heavy atom. The van der Waals surface area contributed by atoms with Gasteiger partial charge in [0.25, 0.3) is 0 Å². The first-order chi connectivity index (χ1) is 28.7. The highest BCUT2D eigenvalue weighted by Crippen LogP contribution is 2.46. The molecule has 346 valence electrons. The third kappa shape index (κ3) is 10.6. The third-order valence-electron chi connectivity index (χ3n) is 11.0. The van der Waals surface area contributed by atoms with Crippen molar-refractivity contribution in [1.29, 1.82) is 0 Å². The van der Waals surface area contributed by atoms with Crippen molar-refractivity contribution in [2.24, 2.45) is 0 Å². The largest absolute Gasteiger partial charge is 0.508 e. The van der Waals surface area contributed by atoms with E-state index < -0.39 is 133 Å². The predicted molar refractivity (Wildman–Crippen MR) is 211 cm³/mol. The number of aliphatic carboxylic acids is 1. The number of carboxylic acid groups (broad SMARTS) is 1. The number of carboxylic acids is 1. The van der Waals surface area contributed by atoms with Gasteiger partial charge in [0.15, 0.2) is 35.7 Å². The van der Waals surface area contributed by atoms with Crippen LogP contribution in [0.4, 0.5) is 4.79 Å². The van der Waals surface area contributed by atoms with Crippen LogP contribution in [0.1, 0.15) is 81.7 Å². The van der Waals surface area contributed by atoms with E-state index in [1.807, 2.05) is 0 Å². The van der Waals surface area contributed by atoms with Crippen molar-refractivity contribution in [3.05, 3.63) is 29.8 Å². The van der Waals surface area contributed by atoms with Crippen LogP contribution in [0.15, 0.2) is 24.3 Å². The molecular weight excluding hydrogens is 818 g/mol. The Balaban J connectivity index is 1.21. The van der Waals surface area contributed by atoms with Gasteiger partial charge in [-0.2, -0.15) is 0 Å². The molecule has 0 spiro atoms. The molecule has 0 aliphatic carbocycles. The first kappa shape index (κ1) is 46.3. The van der Waals surface area contributed by atoms with E-state index in [4.69, 9.17) is 52.1 Å². The number of hydrogen-bond donors (Lipinski definition) is 3. The highest BCUT2D eigenvalue weighted by Gasteiger charge is 2.62. The van der Waals surface area contributed by atoms with E-state index in [0.717, 1.165) is 4.90 Å². The number of phenolic OH excluding ortho intramolecular Hbond substituents is 1. The van der Waals surface area contributed by atoms with Crippen LogP contribution < -0.4 is 5.32 Å². The van der Waals surface area contributed by atoms with Crippen molar-refractivity contribution < 1.29 is 81.5 Å². The molecule has 0 bridgehead atoms. The topological polar surface area (TPSA) is 229 Å². The van der Waals surface area contributed by atoms with Gasteiger partial charge in [0.2, 0.25) is 11.8 Å². The average molecular weight is 880 g/mol. The first-order valence-corrected chi connectivity index (χ1v) is 20.9. The van der Waals surface area contributed by atoms with E-state index in [9.17, 15) is 24.6 Å². The summed E-state index contributed by atoms with van der Waals surface area (Å²) >= 11 is 0. The Kier molecular flexibility index (Phi) is 12.5. The summed E-state index contributed by atoms with van der Waals surface area (Å²) in [5, 5.41) is 22.8. The van der Waals surface area contributed by atoms with Crippen molar-refractivity contribution in [3.8, 4) is 5.75 Å². The van der Waals surface area contributed by atoms with Crippen molar-refractivity contribution >= 4 is 23.9 Å². The molecule has 6 saturated heterocycles. The molecule has 62 heavy (non-hydrogen) atoms. The summed E-state index contributed by atoms with van der Waals surface area (Å²) in [4.78, 5) is 57.8. The summed E-state index contributed by atoms with van der Waals surface area (Å²) in [7, 11) is 0. The highest BCUT2D eigenvalue weighted by atomic mass is 16.9. The molecular formula is C42H61N3O17. The Bertz CT molecular complexity index is 1850. The number of aromatic hydroxyl groups is 1. The van der Waals surface area contributed by atoms with E-state index in [2.05, 4.69) is 5.32 Å². The number of rotatable bonds is 12. The molecule has 3 N–H and O–H groups in total. The van der Waals surface area contributed by atoms with Crippen LogP contribution in [-0.4, -0.2) is 166 Å². The van der Waals surface area contributed by atoms with Crippen molar-refractivity contribution in [1.82, 2.24) is 15.1 Å². The maximum Gasteiger partial charge on any atom is 0.408 e. The number of ether oxygens (including phenoxy) is 11. The minimum atomic E-state index is -1.34. The molecule has 20 heteroatoms. The Hall–Kier alpha value is -3.70. The molecule has 6 aliphatic heterocycles. The van der Waals surface area contributed by atoms with Crippen LogP contribution in [0.25, 0.3) is 0 Å². The van der Waals surface area contributed by atoms with Gasteiger partial charge in [-0.15, -0.1) is 0 Å². The minimum absolute atomic E-state index is 0.00887. The molecule has 3 amide bonds. The molecule has 0 unspecified atom stereocenters. The van der Waals surface area contributed by atoms with E-state index in [1.54, 1.807) is 88.3 Å². The number of hydrogen-bond acceptors (Lipinski definition) is 16. The zero-order valence-electron chi connectivity index (χ0n) is 37.1. The van der Waals surface area contributed by atoms with Gasteiger partial charge in [-0.1, -0.05) is 12.1 Å². The van der Waals surface area contributed by atoms with Crippen LogP contribution in [0, 0.1) is 0 Å². The number of carbonyl (C=O) groups is 4. The van der Waals surface area contributed by atoms with Crippen LogP contribution in [0.5, 0.6) is 5.75 Å². The van der Waals surface area contributed by atoms with Gasteiger partial charge in [0.05, 0.1) is 19.6 Å². The first-order valence-electron chi connectivity index (χ1n) is 20.9. The second-order valence-corrected chi connectivity index (χ2v) is 19.4. The van der Waals surface area contributed by atoms with Crippen molar-refractivity contribution in [3.63, 3.8) is 0 Å². The second-order valence-electron chi connectivity index (χ2n) is 19.4. The fourth-order valence-corrected chi connectivity index (χ4v) is 8.77.